The molecule has 0 radical (unpaired) electrons. The Hall–Kier alpha value is -2.51. The number of thioether (sulfide) groups is 1. The van der Waals surface area contributed by atoms with Crippen LogP contribution in [0.25, 0.3) is 0 Å². The molecular formula is C19H19ClN2O4S. The van der Waals surface area contributed by atoms with Crippen molar-refractivity contribution in [2.24, 2.45) is 0 Å². The van der Waals surface area contributed by atoms with Crippen molar-refractivity contribution in [1.82, 2.24) is 0 Å². The number of esters is 1. The van der Waals surface area contributed by atoms with Crippen molar-refractivity contribution in [3.63, 3.8) is 0 Å². The summed E-state index contributed by atoms with van der Waals surface area (Å²) in [7, 11) is 0. The van der Waals surface area contributed by atoms with Gasteiger partial charge >= 0.3 is 5.97 Å². The smallest absolute Gasteiger partial charge is 0.316 e. The van der Waals surface area contributed by atoms with E-state index in [1.807, 2.05) is 19.1 Å². The minimum atomic E-state index is -0.556. The van der Waals surface area contributed by atoms with Gasteiger partial charge in [-0.2, -0.15) is 0 Å². The molecule has 0 heterocycles. The van der Waals surface area contributed by atoms with Crippen LogP contribution in [0, 0.1) is 6.92 Å². The van der Waals surface area contributed by atoms with Gasteiger partial charge in [-0.1, -0.05) is 29.8 Å². The summed E-state index contributed by atoms with van der Waals surface area (Å²) in [6.07, 6.45) is 0. The van der Waals surface area contributed by atoms with Crippen LogP contribution in [0.3, 0.4) is 0 Å². The average molecular weight is 407 g/mol. The predicted molar refractivity (Wildman–Crippen MR) is 108 cm³/mol. The predicted octanol–water partition coefficient (Wildman–Crippen LogP) is 3.50. The highest BCUT2D eigenvalue weighted by atomic mass is 35.5. The number of carbonyl (C=O) groups is 3. The number of halogens is 1. The topological polar surface area (TPSA) is 84.5 Å². The van der Waals surface area contributed by atoms with Crippen LogP contribution in [0.4, 0.5) is 11.4 Å². The van der Waals surface area contributed by atoms with Crippen LogP contribution in [0.1, 0.15) is 5.56 Å². The van der Waals surface area contributed by atoms with Crippen LogP contribution in [0.15, 0.2) is 48.5 Å². The zero-order chi connectivity index (χ0) is 19.6. The maximum Gasteiger partial charge on any atom is 0.316 e. The van der Waals surface area contributed by atoms with E-state index < -0.39 is 11.9 Å². The quantitative estimate of drug-likeness (QED) is 0.655. The third-order valence-electron chi connectivity index (χ3n) is 3.36. The monoisotopic (exact) mass is 406 g/mol. The molecule has 0 aliphatic carbocycles. The summed E-state index contributed by atoms with van der Waals surface area (Å²) < 4.78 is 4.91. The third kappa shape index (κ3) is 7.72. The Labute approximate surface area is 166 Å². The van der Waals surface area contributed by atoms with E-state index in [1.54, 1.807) is 36.4 Å². The molecule has 0 spiro atoms. The zero-order valence-corrected chi connectivity index (χ0v) is 16.2. The summed E-state index contributed by atoms with van der Waals surface area (Å²) in [5.41, 5.74) is 2.21. The molecule has 2 aromatic rings. The number of amides is 2. The van der Waals surface area contributed by atoms with Crippen LogP contribution in [0.2, 0.25) is 5.02 Å². The Bertz CT molecular complexity index is 812. The number of ether oxygens (including phenoxy) is 1. The lowest BCUT2D eigenvalue weighted by Crippen LogP contribution is -2.22. The molecule has 0 saturated heterocycles. The summed E-state index contributed by atoms with van der Waals surface area (Å²) in [5, 5.41) is 5.95. The van der Waals surface area contributed by atoms with Gasteiger partial charge in [0.05, 0.1) is 11.5 Å². The number of anilines is 2. The Kier molecular flexibility index (Phi) is 8.16. The molecule has 8 heteroatoms. The number of rotatable bonds is 8. The maximum absolute atomic E-state index is 11.8. The number of aryl methyl sites for hydroxylation is 1. The molecule has 27 heavy (non-hydrogen) atoms. The molecule has 6 nitrogen and oxygen atoms in total. The third-order valence-corrected chi connectivity index (χ3v) is 4.52. The van der Waals surface area contributed by atoms with Crippen molar-refractivity contribution in [2.75, 3.05) is 28.7 Å². The van der Waals surface area contributed by atoms with Gasteiger partial charge in [-0.05, 0) is 42.8 Å². The molecule has 0 bridgehead atoms. The number of para-hydroxylation sites is 1. The summed E-state index contributed by atoms with van der Waals surface area (Å²) in [5.74, 6) is -1.14. The van der Waals surface area contributed by atoms with Gasteiger partial charge in [0.15, 0.2) is 6.61 Å². The summed E-state index contributed by atoms with van der Waals surface area (Å²) in [6.45, 7) is 1.50. The second kappa shape index (κ2) is 10.6. The van der Waals surface area contributed by atoms with E-state index in [4.69, 9.17) is 16.3 Å². The zero-order valence-electron chi connectivity index (χ0n) is 14.7. The van der Waals surface area contributed by atoms with E-state index in [0.29, 0.717) is 16.4 Å². The minimum absolute atomic E-state index is 0.0221. The van der Waals surface area contributed by atoms with Crippen LogP contribution in [-0.4, -0.2) is 35.9 Å². The summed E-state index contributed by atoms with van der Waals surface area (Å²) in [4.78, 5) is 35.3. The van der Waals surface area contributed by atoms with E-state index in [2.05, 4.69) is 10.6 Å². The largest absolute Gasteiger partial charge is 0.455 e. The molecule has 0 fully saturated rings. The fourth-order valence-corrected chi connectivity index (χ4v) is 2.78. The van der Waals surface area contributed by atoms with Crippen molar-refractivity contribution in [3.8, 4) is 0 Å². The van der Waals surface area contributed by atoms with Crippen molar-refractivity contribution in [2.45, 2.75) is 6.92 Å². The van der Waals surface area contributed by atoms with Gasteiger partial charge in [-0.3, -0.25) is 14.4 Å². The highest BCUT2D eigenvalue weighted by Gasteiger charge is 2.10. The average Bonchev–Trinajstić information content (AvgIpc) is 2.64. The summed E-state index contributed by atoms with van der Waals surface area (Å²) in [6, 6.07) is 14.0. The van der Waals surface area contributed by atoms with E-state index in [0.717, 1.165) is 17.3 Å². The molecule has 0 atom stereocenters. The number of benzene rings is 2. The molecule has 2 aromatic carbocycles. The van der Waals surface area contributed by atoms with E-state index in [-0.39, 0.29) is 24.0 Å². The Morgan fingerprint density at radius 1 is 0.963 bits per heavy atom. The minimum Gasteiger partial charge on any atom is -0.455 e. The highest BCUT2D eigenvalue weighted by Crippen LogP contribution is 2.14. The number of nitrogens with one attached hydrogen (secondary N) is 2. The molecule has 142 valence electrons. The molecule has 0 aliphatic heterocycles. The van der Waals surface area contributed by atoms with E-state index in [9.17, 15) is 14.4 Å². The van der Waals surface area contributed by atoms with Crippen molar-refractivity contribution < 1.29 is 19.1 Å². The van der Waals surface area contributed by atoms with Crippen molar-refractivity contribution in [3.05, 3.63) is 59.1 Å². The van der Waals surface area contributed by atoms with E-state index in [1.165, 1.54) is 0 Å². The molecule has 2 amide bonds. The van der Waals surface area contributed by atoms with Gasteiger partial charge in [-0.15, -0.1) is 11.8 Å². The van der Waals surface area contributed by atoms with Gasteiger partial charge in [0.25, 0.3) is 5.91 Å². The van der Waals surface area contributed by atoms with Gasteiger partial charge in [0, 0.05) is 16.4 Å². The molecule has 2 rings (SSSR count). The van der Waals surface area contributed by atoms with Gasteiger partial charge in [0.1, 0.15) is 0 Å². The lowest BCUT2D eigenvalue weighted by Gasteiger charge is -2.09. The fraction of sp³-hybridized carbons (Fsp3) is 0.211. The fourth-order valence-electron chi connectivity index (χ4n) is 2.04. The van der Waals surface area contributed by atoms with Crippen molar-refractivity contribution in [1.29, 1.82) is 0 Å². The van der Waals surface area contributed by atoms with Gasteiger partial charge in [0.2, 0.25) is 5.91 Å². The highest BCUT2D eigenvalue weighted by molar-refractivity contribution is 8.00. The van der Waals surface area contributed by atoms with Gasteiger partial charge in [-0.25, -0.2) is 0 Å². The lowest BCUT2D eigenvalue weighted by atomic mass is 10.2. The molecule has 0 aromatic heterocycles. The second-order valence-electron chi connectivity index (χ2n) is 5.57. The SMILES string of the molecule is Cc1ccccc1NC(=O)COC(=O)CSCC(=O)Nc1ccc(Cl)cc1. The molecule has 0 unspecified atom stereocenters. The first-order chi connectivity index (χ1) is 12.9. The normalized spacial score (nSPS) is 10.1. The maximum atomic E-state index is 11.8. The van der Waals surface area contributed by atoms with Crippen LogP contribution in [0.5, 0.6) is 0 Å². The van der Waals surface area contributed by atoms with Crippen LogP contribution >= 0.6 is 23.4 Å². The molecule has 2 N–H and O–H groups in total. The second-order valence-corrected chi connectivity index (χ2v) is 6.99. The first-order valence-electron chi connectivity index (χ1n) is 8.08. The first kappa shape index (κ1) is 20.8. The molecule has 0 saturated carbocycles. The Morgan fingerprint density at radius 3 is 2.37 bits per heavy atom. The Morgan fingerprint density at radius 2 is 1.67 bits per heavy atom. The van der Waals surface area contributed by atoms with Crippen LogP contribution in [-0.2, 0) is 19.1 Å². The standard InChI is InChI=1S/C19H19ClN2O4S/c1-13-4-2-3-5-16(13)22-17(23)10-26-19(25)12-27-11-18(24)21-15-8-6-14(20)7-9-15/h2-9H,10-12H2,1H3,(H,21,24)(H,22,23). The first-order valence-corrected chi connectivity index (χ1v) is 9.61. The molecule has 0 aliphatic rings. The number of hydrogen-bond acceptors (Lipinski definition) is 5. The van der Waals surface area contributed by atoms with E-state index >= 15 is 0 Å². The van der Waals surface area contributed by atoms with Crippen molar-refractivity contribution >= 4 is 52.5 Å². The number of hydrogen-bond donors (Lipinski definition) is 2. The summed E-state index contributed by atoms with van der Waals surface area (Å²) >= 11 is 6.88. The number of carbonyl (C=O) groups excluding carboxylic acids is 3. The Balaban J connectivity index is 1.63. The lowest BCUT2D eigenvalue weighted by molar-refractivity contribution is -0.144. The van der Waals surface area contributed by atoms with Gasteiger partial charge < -0.3 is 15.4 Å². The van der Waals surface area contributed by atoms with Crippen LogP contribution < -0.4 is 10.6 Å². The molecular weight excluding hydrogens is 388 g/mol.